The molecule has 0 unspecified atom stereocenters. The Labute approximate surface area is 141 Å². The zero-order valence-corrected chi connectivity index (χ0v) is 13.5. The number of nitrogens with two attached hydrogens (primary N) is 1. The second kappa shape index (κ2) is 7.27. The van der Waals surface area contributed by atoms with Gasteiger partial charge < -0.3 is 16.0 Å². The number of carbonyl (C=O) groups excluding carboxylic acids is 2. The Morgan fingerprint density at radius 1 is 1.08 bits per heavy atom. The summed E-state index contributed by atoms with van der Waals surface area (Å²) in [6, 6.07) is 15.4. The maximum Gasteiger partial charge on any atom is 0.231 e. The minimum atomic E-state index is -0.102. The number of nitrogens with zero attached hydrogens (tertiary/aromatic N) is 1. The van der Waals surface area contributed by atoms with E-state index in [0.29, 0.717) is 19.4 Å². The summed E-state index contributed by atoms with van der Waals surface area (Å²) < 4.78 is 0. The summed E-state index contributed by atoms with van der Waals surface area (Å²) in [7, 11) is 0. The Kier molecular flexibility index (Phi) is 4.91. The maximum atomic E-state index is 12.6. The highest BCUT2D eigenvalue weighted by molar-refractivity contribution is 5.97. The number of carbonyl (C=O) groups is 2. The van der Waals surface area contributed by atoms with Gasteiger partial charge in [-0.1, -0.05) is 30.3 Å². The standard InChI is InChI=1S/C19H21N3O2/c20-11-9-18(23)21-16-7-5-14(6-8-16)13-19(24)22-12-10-15-3-1-2-4-17(15)22/h1-8H,9-13,20H2,(H,21,23). The molecule has 24 heavy (non-hydrogen) atoms. The number of fused-ring (bicyclic) bond motifs is 1. The van der Waals surface area contributed by atoms with Gasteiger partial charge in [0.1, 0.15) is 0 Å². The summed E-state index contributed by atoms with van der Waals surface area (Å²) in [5, 5.41) is 2.78. The molecule has 0 spiro atoms. The molecular formula is C19H21N3O2. The molecule has 2 amide bonds. The Bertz CT molecular complexity index is 741. The van der Waals surface area contributed by atoms with E-state index in [1.54, 1.807) is 0 Å². The zero-order valence-electron chi connectivity index (χ0n) is 13.5. The molecule has 0 saturated heterocycles. The minimum Gasteiger partial charge on any atom is -0.330 e. The van der Waals surface area contributed by atoms with Crippen molar-refractivity contribution in [1.82, 2.24) is 0 Å². The van der Waals surface area contributed by atoms with Crippen molar-refractivity contribution >= 4 is 23.2 Å². The van der Waals surface area contributed by atoms with Crippen LogP contribution in [-0.4, -0.2) is 24.9 Å². The molecule has 5 heteroatoms. The number of hydrogen-bond donors (Lipinski definition) is 2. The van der Waals surface area contributed by atoms with Crippen LogP contribution in [0.3, 0.4) is 0 Å². The highest BCUT2D eigenvalue weighted by Gasteiger charge is 2.23. The van der Waals surface area contributed by atoms with Gasteiger partial charge in [-0.05, 0) is 35.7 Å². The van der Waals surface area contributed by atoms with E-state index in [1.807, 2.05) is 47.4 Å². The first-order valence-corrected chi connectivity index (χ1v) is 8.14. The molecule has 1 heterocycles. The fraction of sp³-hybridized carbons (Fsp3) is 0.263. The van der Waals surface area contributed by atoms with Crippen LogP contribution < -0.4 is 16.0 Å². The Morgan fingerprint density at radius 3 is 2.58 bits per heavy atom. The molecule has 0 atom stereocenters. The number of hydrogen-bond acceptors (Lipinski definition) is 3. The normalized spacial score (nSPS) is 12.8. The largest absolute Gasteiger partial charge is 0.330 e. The topological polar surface area (TPSA) is 75.4 Å². The molecule has 2 aromatic rings. The third kappa shape index (κ3) is 3.63. The number of benzene rings is 2. The van der Waals surface area contributed by atoms with Crippen LogP contribution in [0.1, 0.15) is 17.5 Å². The van der Waals surface area contributed by atoms with E-state index in [9.17, 15) is 9.59 Å². The van der Waals surface area contributed by atoms with Crippen LogP contribution in [0.5, 0.6) is 0 Å². The maximum absolute atomic E-state index is 12.6. The molecular weight excluding hydrogens is 302 g/mol. The quantitative estimate of drug-likeness (QED) is 0.885. The lowest BCUT2D eigenvalue weighted by atomic mass is 10.1. The summed E-state index contributed by atoms with van der Waals surface area (Å²) in [5.41, 5.74) is 9.25. The molecule has 3 rings (SSSR count). The number of nitrogens with one attached hydrogen (secondary N) is 1. The molecule has 2 aromatic carbocycles. The summed E-state index contributed by atoms with van der Waals surface area (Å²) in [5.74, 6) is -0.00475. The van der Waals surface area contributed by atoms with Crippen LogP contribution in [0, 0.1) is 0 Å². The molecule has 0 fully saturated rings. The van der Waals surface area contributed by atoms with Gasteiger partial charge in [-0.25, -0.2) is 0 Å². The van der Waals surface area contributed by atoms with Crippen molar-refractivity contribution in [2.75, 3.05) is 23.3 Å². The van der Waals surface area contributed by atoms with Gasteiger partial charge in [0.15, 0.2) is 0 Å². The second-order valence-electron chi connectivity index (χ2n) is 5.88. The van der Waals surface area contributed by atoms with E-state index in [1.165, 1.54) is 5.56 Å². The van der Waals surface area contributed by atoms with Gasteiger partial charge in [0.05, 0.1) is 6.42 Å². The number of anilines is 2. The van der Waals surface area contributed by atoms with E-state index < -0.39 is 0 Å². The summed E-state index contributed by atoms with van der Waals surface area (Å²) in [6.07, 6.45) is 1.56. The molecule has 3 N–H and O–H groups in total. The molecule has 5 nitrogen and oxygen atoms in total. The Morgan fingerprint density at radius 2 is 1.83 bits per heavy atom. The Balaban J connectivity index is 1.62. The number of amides is 2. The third-order valence-corrected chi connectivity index (χ3v) is 4.15. The van der Waals surface area contributed by atoms with Gasteiger partial charge in [0, 0.05) is 30.9 Å². The van der Waals surface area contributed by atoms with Gasteiger partial charge in [0.25, 0.3) is 0 Å². The molecule has 0 aliphatic carbocycles. The monoisotopic (exact) mass is 323 g/mol. The molecule has 0 aromatic heterocycles. The number of para-hydroxylation sites is 1. The van der Waals surface area contributed by atoms with E-state index in [4.69, 9.17) is 5.73 Å². The van der Waals surface area contributed by atoms with Gasteiger partial charge in [-0.3, -0.25) is 9.59 Å². The highest BCUT2D eigenvalue weighted by Crippen LogP contribution is 2.28. The fourth-order valence-electron chi connectivity index (χ4n) is 2.93. The molecule has 1 aliphatic rings. The van der Waals surface area contributed by atoms with Crippen LogP contribution in [0.25, 0.3) is 0 Å². The smallest absolute Gasteiger partial charge is 0.231 e. The lowest BCUT2D eigenvalue weighted by Crippen LogP contribution is -2.30. The van der Waals surface area contributed by atoms with Crippen LogP contribution >= 0.6 is 0 Å². The van der Waals surface area contributed by atoms with Gasteiger partial charge in [-0.15, -0.1) is 0 Å². The SMILES string of the molecule is NCCC(=O)Nc1ccc(CC(=O)N2CCc3ccccc32)cc1. The first-order valence-electron chi connectivity index (χ1n) is 8.14. The predicted molar refractivity (Wildman–Crippen MR) is 94.9 cm³/mol. The molecule has 0 bridgehead atoms. The van der Waals surface area contributed by atoms with Gasteiger partial charge in [0.2, 0.25) is 11.8 Å². The number of rotatable bonds is 5. The third-order valence-electron chi connectivity index (χ3n) is 4.15. The van der Waals surface area contributed by atoms with E-state index in [2.05, 4.69) is 11.4 Å². The van der Waals surface area contributed by atoms with Crippen LogP contribution in [0.2, 0.25) is 0 Å². The minimum absolute atomic E-state index is 0.0971. The van der Waals surface area contributed by atoms with E-state index >= 15 is 0 Å². The second-order valence-corrected chi connectivity index (χ2v) is 5.88. The summed E-state index contributed by atoms with van der Waals surface area (Å²) >= 11 is 0. The Hall–Kier alpha value is -2.66. The lowest BCUT2D eigenvalue weighted by Gasteiger charge is -2.17. The van der Waals surface area contributed by atoms with Crippen molar-refractivity contribution in [3.63, 3.8) is 0 Å². The molecule has 1 aliphatic heterocycles. The van der Waals surface area contributed by atoms with Crippen LogP contribution in [-0.2, 0) is 22.4 Å². The molecule has 124 valence electrons. The highest BCUT2D eigenvalue weighted by atomic mass is 16.2. The van der Waals surface area contributed by atoms with E-state index in [0.717, 1.165) is 29.9 Å². The molecule has 0 saturated carbocycles. The molecule has 0 radical (unpaired) electrons. The van der Waals surface area contributed by atoms with Gasteiger partial charge >= 0.3 is 0 Å². The van der Waals surface area contributed by atoms with Crippen molar-refractivity contribution in [2.45, 2.75) is 19.3 Å². The van der Waals surface area contributed by atoms with Gasteiger partial charge in [-0.2, -0.15) is 0 Å². The van der Waals surface area contributed by atoms with Crippen molar-refractivity contribution in [1.29, 1.82) is 0 Å². The first-order chi connectivity index (χ1) is 11.7. The van der Waals surface area contributed by atoms with E-state index in [-0.39, 0.29) is 11.8 Å². The van der Waals surface area contributed by atoms with Crippen LogP contribution in [0.4, 0.5) is 11.4 Å². The fourth-order valence-corrected chi connectivity index (χ4v) is 2.93. The lowest BCUT2D eigenvalue weighted by molar-refractivity contribution is -0.118. The van der Waals surface area contributed by atoms with Crippen molar-refractivity contribution in [3.8, 4) is 0 Å². The average molecular weight is 323 g/mol. The predicted octanol–water partition coefficient (Wildman–Crippen LogP) is 2.11. The van der Waals surface area contributed by atoms with Crippen molar-refractivity contribution in [2.24, 2.45) is 5.73 Å². The first kappa shape index (κ1) is 16.2. The van der Waals surface area contributed by atoms with Crippen molar-refractivity contribution < 1.29 is 9.59 Å². The summed E-state index contributed by atoms with van der Waals surface area (Å²) in [6.45, 7) is 1.07. The van der Waals surface area contributed by atoms with Crippen molar-refractivity contribution in [3.05, 3.63) is 59.7 Å². The van der Waals surface area contributed by atoms with Crippen LogP contribution in [0.15, 0.2) is 48.5 Å². The zero-order chi connectivity index (χ0) is 16.9. The summed E-state index contributed by atoms with van der Waals surface area (Å²) in [4.78, 5) is 25.9. The average Bonchev–Trinajstić information content (AvgIpc) is 3.01.